The molecule has 0 saturated carbocycles. The third kappa shape index (κ3) is 4.19. The molecular formula is C24H23N3O3S2. The summed E-state index contributed by atoms with van der Waals surface area (Å²) in [4.78, 5) is 29.4. The van der Waals surface area contributed by atoms with Crippen LogP contribution in [0.1, 0.15) is 21.6 Å². The Labute approximate surface area is 193 Å². The van der Waals surface area contributed by atoms with Crippen molar-refractivity contribution in [2.45, 2.75) is 20.8 Å². The van der Waals surface area contributed by atoms with Gasteiger partial charge in [0, 0.05) is 18.0 Å². The Bertz CT molecular complexity index is 1400. The summed E-state index contributed by atoms with van der Waals surface area (Å²) in [5, 5.41) is 12.0. The highest BCUT2D eigenvalue weighted by atomic mass is 32.1. The summed E-state index contributed by atoms with van der Waals surface area (Å²) in [6.07, 6.45) is 1.85. The summed E-state index contributed by atoms with van der Waals surface area (Å²) < 4.78 is 7.71. The van der Waals surface area contributed by atoms with Crippen LogP contribution in [-0.2, 0) is 9.53 Å². The summed E-state index contributed by atoms with van der Waals surface area (Å²) in [7, 11) is 0. The smallest absolute Gasteiger partial charge is 0.273 e. The predicted octanol–water partition coefficient (Wildman–Crippen LogP) is 2.25. The zero-order chi connectivity index (χ0) is 22.8. The molecule has 1 aromatic carbocycles. The monoisotopic (exact) mass is 465 g/mol. The van der Waals surface area contributed by atoms with Gasteiger partial charge in [-0.15, -0.1) is 22.7 Å². The number of aryl methyl sites for hydroxylation is 3. The molecule has 1 fully saturated rings. The zero-order valence-corrected chi connectivity index (χ0v) is 19.8. The Kier molecular flexibility index (Phi) is 6.42. The number of thiazole rings is 1. The van der Waals surface area contributed by atoms with Crippen LogP contribution in [0.25, 0.3) is 17.3 Å². The molecule has 1 amide bonds. The maximum atomic E-state index is 13.6. The van der Waals surface area contributed by atoms with Gasteiger partial charge in [0.2, 0.25) is 0 Å². The van der Waals surface area contributed by atoms with Gasteiger partial charge in [0.05, 0.1) is 23.4 Å². The molecule has 1 aliphatic heterocycles. The second-order valence-corrected chi connectivity index (χ2v) is 9.68. The molecule has 0 unspecified atom stereocenters. The Morgan fingerprint density at radius 1 is 1.16 bits per heavy atom. The van der Waals surface area contributed by atoms with Crippen LogP contribution in [0, 0.1) is 32.1 Å². The van der Waals surface area contributed by atoms with E-state index in [1.165, 1.54) is 15.9 Å². The lowest BCUT2D eigenvalue weighted by Crippen LogP contribution is -2.42. The molecule has 0 atom stereocenters. The summed E-state index contributed by atoms with van der Waals surface area (Å²) in [5.74, 6) is -0.366. The van der Waals surface area contributed by atoms with Gasteiger partial charge in [-0.3, -0.25) is 14.2 Å². The van der Waals surface area contributed by atoms with E-state index in [2.05, 4.69) is 6.07 Å². The second kappa shape index (κ2) is 9.25. The van der Waals surface area contributed by atoms with Gasteiger partial charge in [-0.1, -0.05) is 17.7 Å². The van der Waals surface area contributed by atoms with E-state index in [0.29, 0.717) is 41.2 Å². The third-order valence-electron chi connectivity index (χ3n) is 5.42. The van der Waals surface area contributed by atoms with Gasteiger partial charge in [-0.2, -0.15) is 5.26 Å². The van der Waals surface area contributed by atoms with Crippen molar-refractivity contribution in [3.8, 4) is 11.8 Å². The van der Waals surface area contributed by atoms with Crippen molar-refractivity contribution in [2.75, 3.05) is 26.3 Å². The second-order valence-electron chi connectivity index (χ2n) is 7.71. The number of aromatic nitrogens is 1. The van der Waals surface area contributed by atoms with Crippen molar-refractivity contribution in [1.82, 2.24) is 9.47 Å². The minimum atomic E-state index is -0.366. The summed E-state index contributed by atoms with van der Waals surface area (Å²) >= 11 is 2.74. The number of morpholine rings is 1. The van der Waals surface area contributed by atoms with Gasteiger partial charge in [0.1, 0.15) is 10.7 Å². The first-order valence-electron chi connectivity index (χ1n) is 10.3. The topological polar surface area (TPSA) is 75.3 Å². The van der Waals surface area contributed by atoms with Crippen molar-refractivity contribution < 1.29 is 9.53 Å². The van der Waals surface area contributed by atoms with Crippen LogP contribution in [0.5, 0.6) is 0 Å². The average molecular weight is 466 g/mol. The maximum Gasteiger partial charge on any atom is 0.273 e. The van der Waals surface area contributed by atoms with Gasteiger partial charge >= 0.3 is 0 Å². The molecule has 0 aliphatic carbocycles. The molecule has 3 heterocycles. The molecule has 4 rings (SSSR count). The number of carbonyl (C=O) groups excluding carboxylic acids is 1. The summed E-state index contributed by atoms with van der Waals surface area (Å²) in [6.45, 7) is 7.65. The van der Waals surface area contributed by atoms with E-state index in [1.807, 2.05) is 56.5 Å². The Balaban J connectivity index is 2.03. The quantitative estimate of drug-likeness (QED) is 0.595. The summed E-state index contributed by atoms with van der Waals surface area (Å²) in [5.41, 5.74) is 3.49. The molecule has 0 radical (unpaired) electrons. The fraction of sp³-hybridized carbons (Fsp3) is 0.292. The first kappa shape index (κ1) is 22.2. The van der Waals surface area contributed by atoms with Crippen LogP contribution in [0.3, 0.4) is 0 Å². The Morgan fingerprint density at radius 2 is 1.91 bits per heavy atom. The van der Waals surface area contributed by atoms with Gasteiger partial charge in [-0.25, -0.2) is 0 Å². The number of nitrogens with zero attached hydrogens (tertiary/aromatic N) is 3. The SMILES string of the molecule is Cc1ccc(-n2c(=O)/c(=C/c3sccc3C)s/c2=C(/C#N)C(=O)N2CCOCC2)c(C)c1. The lowest BCUT2D eigenvalue weighted by atomic mass is 10.1. The third-order valence-corrected chi connectivity index (χ3v) is 7.48. The lowest BCUT2D eigenvalue weighted by Gasteiger charge is -2.26. The van der Waals surface area contributed by atoms with E-state index < -0.39 is 0 Å². The average Bonchev–Trinajstić information content (AvgIpc) is 3.33. The van der Waals surface area contributed by atoms with E-state index in [9.17, 15) is 14.9 Å². The highest BCUT2D eigenvalue weighted by Gasteiger charge is 2.24. The normalized spacial score (nSPS) is 15.6. The Hall–Kier alpha value is -2.99. The van der Waals surface area contributed by atoms with Crippen molar-refractivity contribution in [1.29, 1.82) is 5.26 Å². The van der Waals surface area contributed by atoms with Crippen LogP contribution < -0.4 is 14.8 Å². The van der Waals surface area contributed by atoms with Gasteiger partial charge < -0.3 is 9.64 Å². The molecule has 6 nitrogen and oxygen atoms in total. The summed E-state index contributed by atoms with van der Waals surface area (Å²) in [6, 6.07) is 9.89. The van der Waals surface area contributed by atoms with E-state index in [0.717, 1.165) is 21.6 Å². The molecular weight excluding hydrogens is 442 g/mol. The number of rotatable bonds is 3. The standard InChI is InChI=1S/C24H23N3O3S2/c1-15-4-5-19(17(3)12-15)27-23(29)21(13-20-16(2)6-11-31-20)32-24(27)18(14-25)22(28)26-7-9-30-10-8-26/h4-6,11-13H,7-10H2,1-3H3/b21-13-,24-18-. The number of hydrogen-bond donors (Lipinski definition) is 0. The van der Waals surface area contributed by atoms with Gasteiger partial charge in [-0.05, 0) is 55.5 Å². The number of hydrogen-bond acceptors (Lipinski definition) is 6. The van der Waals surface area contributed by atoms with Crippen LogP contribution in [0.4, 0.5) is 0 Å². The minimum absolute atomic E-state index is 0.0171. The van der Waals surface area contributed by atoms with E-state index in [1.54, 1.807) is 16.2 Å². The maximum absolute atomic E-state index is 13.6. The first-order valence-corrected chi connectivity index (χ1v) is 12.0. The number of benzene rings is 1. The number of carbonyl (C=O) groups is 1. The van der Waals surface area contributed by atoms with Gasteiger partial charge in [0.15, 0.2) is 5.57 Å². The molecule has 164 valence electrons. The van der Waals surface area contributed by atoms with Crippen LogP contribution in [0.15, 0.2) is 34.4 Å². The number of thiophene rings is 1. The van der Waals surface area contributed by atoms with Crippen LogP contribution in [-0.4, -0.2) is 41.7 Å². The molecule has 1 saturated heterocycles. The van der Waals surface area contributed by atoms with E-state index in [4.69, 9.17) is 4.74 Å². The molecule has 32 heavy (non-hydrogen) atoms. The lowest BCUT2D eigenvalue weighted by molar-refractivity contribution is -0.128. The van der Waals surface area contributed by atoms with Crippen molar-refractivity contribution in [3.63, 3.8) is 0 Å². The highest BCUT2D eigenvalue weighted by molar-refractivity contribution is 7.11. The number of amides is 1. The first-order chi connectivity index (χ1) is 15.4. The van der Waals surface area contributed by atoms with E-state index in [-0.39, 0.29) is 17.0 Å². The van der Waals surface area contributed by atoms with Crippen LogP contribution in [0.2, 0.25) is 0 Å². The minimum Gasteiger partial charge on any atom is -0.378 e. The predicted molar refractivity (Wildman–Crippen MR) is 128 cm³/mol. The molecule has 0 N–H and O–H groups in total. The number of ether oxygens (including phenoxy) is 1. The van der Waals surface area contributed by atoms with E-state index >= 15 is 0 Å². The molecule has 2 aromatic heterocycles. The molecule has 1 aliphatic rings. The molecule has 0 spiro atoms. The molecule has 0 bridgehead atoms. The van der Waals surface area contributed by atoms with Crippen LogP contribution >= 0.6 is 22.7 Å². The van der Waals surface area contributed by atoms with Gasteiger partial charge in [0.25, 0.3) is 11.5 Å². The largest absolute Gasteiger partial charge is 0.378 e. The fourth-order valence-electron chi connectivity index (χ4n) is 3.69. The molecule has 3 aromatic rings. The van der Waals surface area contributed by atoms with Crippen molar-refractivity contribution in [3.05, 3.63) is 70.8 Å². The Morgan fingerprint density at radius 3 is 2.53 bits per heavy atom. The fourth-order valence-corrected chi connectivity index (χ4v) is 5.69. The molecule has 8 heteroatoms. The zero-order valence-electron chi connectivity index (χ0n) is 18.2. The highest BCUT2D eigenvalue weighted by Crippen LogP contribution is 2.17. The number of nitriles is 1. The van der Waals surface area contributed by atoms with Crippen molar-refractivity contribution in [2.24, 2.45) is 0 Å². The van der Waals surface area contributed by atoms with Crippen molar-refractivity contribution >= 4 is 40.2 Å².